The molecule has 0 saturated heterocycles. The summed E-state index contributed by atoms with van der Waals surface area (Å²) in [7, 11) is -2.41. The zero-order valence-corrected chi connectivity index (χ0v) is 27.4. The molecule has 0 heterocycles. The summed E-state index contributed by atoms with van der Waals surface area (Å²) in [6, 6.07) is 0.974. The highest BCUT2D eigenvalue weighted by molar-refractivity contribution is 14.1. The van der Waals surface area contributed by atoms with Crippen molar-refractivity contribution in [1.82, 2.24) is 0 Å². The van der Waals surface area contributed by atoms with Gasteiger partial charge in [0.15, 0.2) is 0 Å². The van der Waals surface area contributed by atoms with E-state index < -0.39 is 8.80 Å². The van der Waals surface area contributed by atoms with Gasteiger partial charge in [-0.3, -0.25) is 0 Å². The summed E-state index contributed by atoms with van der Waals surface area (Å²) < 4.78 is 19.2. The van der Waals surface area contributed by atoms with Crippen molar-refractivity contribution in [2.75, 3.05) is 24.2 Å². The monoisotopic (exact) mass is 626 g/mol. The fraction of sp³-hybridized carbons (Fsp3) is 1.00. The van der Waals surface area contributed by atoms with Crippen molar-refractivity contribution >= 4 is 31.4 Å². The Bertz CT molecular complexity index is 381. The minimum atomic E-state index is -2.41. The fourth-order valence-electron chi connectivity index (χ4n) is 4.97. The van der Waals surface area contributed by atoms with Gasteiger partial charge in [0.2, 0.25) is 0 Å². The smallest absolute Gasteiger partial charge is 0.374 e. The van der Waals surface area contributed by atoms with Gasteiger partial charge in [-0.25, -0.2) is 0 Å². The average Bonchev–Trinajstić information content (AvgIpc) is 2.85. The van der Waals surface area contributed by atoms with E-state index in [2.05, 4.69) is 22.6 Å². The topological polar surface area (TPSA) is 27.7 Å². The Morgan fingerprint density at radius 1 is 0.371 bits per heavy atom. The second-order valence-electron chi connectivity index (χ2n) is 10.2. The van der Waals surface area contributed by atoms with Crippen molar-refractivity contribution in [3.63, 3.8) is 0 Å². The molecule has 212 valence electrons. The van der Waals surface area contributed by atoms with Crippen molar-refractivity contribution in [3.05, 3.63) is 0 Å². The molecule has 3 nitrogen and oxygen atoms in total. The second-order valence-corrected chi connectivity index (χ2v) is 14.0. The average molecular weight is 627 g/mol. The van der Waals surface area contributed by atoms with Crippen LogP contribution in [0.5, 0.6) is 0 Å². The first-order valence-corrected chi connectivity index (χ1v) is 19.2. The third-order valence-corrected chi connectivity index (χ3v) is 10.9. The highest BCUT2D eigenvalue weighted by atomic mass is 127. The van der Waals surface area contributed by atoms with Crippen LogP contribution in [-0.4, -0.2) is 33.1 Å². The summed E-state index contributed by atoms with van der Waals surface area (Å²) in [5.74, 6) is 0. The number of hydrogen-bond donors (Lipinski definition) is 0. The molecule has 0 aliphatic carbocycles. The van der Waals surface area contributed by atoms with E-state index in [0.29, 0.717) is 19.8 Å². The molecule has 0 radical (unpaired) electrons. The molecule has 0 rings (SSSR count). The molecule has 0 atom stereocenters. The predicted molar refractivity (Wildman–Crippen MR) is 166 cm³/mol. The lowest BCUT2D eigenvalue weighted by molar-refractivity contribution is 0.0706. The minimum Gasteiger partial charge on any atom is -0.374 e. The lowest BCUT2D eigenvalue weighted by Gasteiger charge is -2.28. The van der Waals surface area contributed by atoms with Crippen molar-refractivity contribution in [1.29, 1.82) is 0 Å². The summed E-state index contributed by atoms with van der Waals surface area (Å²) >= 11 is 2.49. The van der Waals surface area contributed by atoms with Crippen LogP contribution in [0.2, 0.25) is 6.04 Å². The van der Waals surface area contributed by atoms with Gasteiger partial charge >= 0.3 is 8.80 Å². The molecule has 0 aliphatic rings. The minimum absolute atomic E-state index is 0.686. The lowest BCUT2D eigenvalue weighted by atomic mass is 10.0. The summed E-state index contributed by atoms with van der Waals surface area (Å²) in [5, 5.41) is 0. The van der Waals surface area contributed by atoms with Crippen LogP contribution in [0, 0.1) is 0 Å². The predicted octanol–water partition coefficient (Wildman–Crippen LogP) is 11.1. The maximum Gasteiger partial charge on any atom is 0.500 e. The molecule has 0 aromatic carbocycles. The molecule has 0 aromatic heterocycles. The van der Waals surface area contributed by atoms with Crippen molar-refractivity contribution in [2.24, 2.45) is 0 Å². The first-order chi connectivity index (χ1) is 17.2. The Balaban J connectivity index is 3.32. The molecule has 0 amide bonds. The van der Waals surface area contributed by atoms with Crippen molar-refractivity contribution in [2.45, 2.75) is 168 Å². The van der Waals surface area contributed by atoms with Crippen molar-refractivity contribution < 1.29 is 13.3 Å². The van der Waals surface area contributed by atoms with E-state index in [0.717, 1.165) is 6.04 Å². The van der Waals surface area contributed by atoms with Crippen LogP contribution in [0.3, 0.4) is 0 Å². The first kappa shape index (κ1) is 35.8. The Hall–Kier alpha value is 0.827. The van der Waals surface area contributed by atoms with Crippen LogP contribution in [0.25, 0.3) is 0 Å². The van der Waals surface area contributed by atoms with Crippen LogP contribution in [-0.2, 0) is 13.3 Å². The van der Waals surface area contributed by atoms with Gasteiger partial charge < -0.3 is 13.3 Å². The van der Waals surface area contributed by atoms with Gasteiger partial charge in [-0.05, 0) is 38.0 Å². The quantitative estimate of drug-likeness (QED) is 0.0344. The standard InChI is InChI=1S/C30H63IO3Si/c1-4-32-35(33-5-2,34-6-3)30-28-26-24-22-20-18-16-14-12-10-8-7-9-11-13-15-17-19-21-23-25-27-29-31/h4-30H2,1-3H3. The van der Waals surface area contributed by atoms with Crippen LogP contribution < -0.4 is 0 Å². The SMILES string of the molecule is CCO[Si](CCCCCCCCCCCCCCCCCCCCCCCCI)(OCC)OCC. The molecule has 0 aromatic rings. The van der Waals surface area contributed by atoms with E-state index in [-0.39, 0.29) is 0 Å². The molecule has 5 heteroatoms. The Morgan fingerprint density at radius 3 is 0.829 bits per heavy atom. The maximum absolute atomic E-state index is 5.95. The van der Waals surface area contributed by atoms with E-state index in [1.807, 2.05) is 20.8 Å². The molecule has 0 saturated carbocycles. The van der Waals surface area contributed by atoms with E-state index in [9.17, 15) is 0 Å². The number of hydrogen-bond acceptors (Lipinski definition) is 3. The summed E-state index contributed by atoms with van der Waals surface area (Å²) in [6.07, 6.45) is 31.4. The summed E-state index contributed by atoms with van der Waals surface area (Å²) in [4.78, 5) is 0. The van der Waals surface area contributed by atoms with Gasteiger partial charge in [0.25, 0.3) is 0 Å². The fourth-order valence-corrected chi connectivity index (χ4v) is 8.20. The van der Waals surface area contributed by atoms with E-state index in [1.54, 1.807) is 0 Å². The van der Waals surface area contributed by atoms with E-state index in [1.165, 1.54) is 146 Å². The highest BCUT2D eigenvalue weighted by Crippen LogP contribution is 2.21. The molecule has 0 spiro atoms. The molecule has 0 unspecified atom stereocenters. The molecule has 0 N–H and O–H groups in total. The Kier molecular flexibility index (Phi) is 30.1. The van der Waals surface area contributed by atoms with Crippen molar-refractivity contribution in [3.8, 4) is 0 Å². The summed E-state index contributed by atoms with van der Waals surface area (Å²) in [6.45, 7) is 8.18. The third kappa shape index (κ3) is 24.9. The summed E-state index contributed by atoms with van der Waals surface area (Å²) in [5.41, 5.74) is 0. The zero-order valence-electron chi connectivity index (χ0n) is 24.2. The zero-order chi connectivity index (χ0) is 25.7. The van der Waals surface area contributed by atoms with Gasteiger partial charge in [0.1, 0.15) is 0 Å². The van der Waals surface area contributed by atoms with Crippen LogP contribution in [0.4, 0.5) is 0 Å². The van der Waals surface area contributed by atoms with Gasteiger partial charge in [-0.2, -0.15) is 0 Å². The molecular formula is C30H63IO3Si. The number of alkyl halides is 1. The largest absolute Gasteiger partial charge is 0.500 e. The normalized spacial score (nSPS) is 12.0. The Labute approximate surface area is 236 Å². The first-order valence-electron chi connectivity index (χ1n) is 15.7. The molecular weight excluding hydrogens is 563 g/mol. The van der Waals surface area contributed by atoms with Gasteiger partial charge in [-0.15, -0.1) is 0 Å². The van der Waals surface area contributed by atoms with Crippen LogP contribution in [0.1, 0.15) is 162 Å². The number of halogens is 1. The van der Waals surface area contributed by atoms with Gasteiger partial charge in [0.05, 0.1) is 0 Å². The third-order valence-electron chi connectivity index (χ3n) is 6.96. The van der Waals surface area contributed by atoms with Gasteiger partial charge in [0, 0.05) is 25.9 Å². The highest BCUT2D eigenvalue weighted by Gasteiger charge is 2.39. The van der Waals surface area contributed by atoms with Crippen LogP contribution in [0.15, 0.2) is 0 Å². The van der Waals surface area contributed by atoms with E-state index in [4.69, 9.17) is 13.3 Å². The van der Waals surface area contributed by atoms with Gasteiger partial charge in [-0.1, -0.05) is 151 Å². The van der Waals surface area contributed by atoms with Crippen LogP contribution >= 0.6 is 22.6 Å². The molecule has 0 bridgehead atoms. The Morgan fingerprint density at radius 2 is 0.600 bits per heavy atom. The lowest BCUT2D eigenvalue weighted by Crippen LogP contribution is -2.45. The molecule has 0 aliphatic heterocycles. The maximum atomic E-state index is 5.95. The number of unbranched alkanes of at least 4 members (excludes halogenated alkanes) is 21. The molecule has 35 heavy (non-hydrogen) atoms. The number of rotatable bonds is 30. The molecule has 0 fully saturated rings. The second kappa shape index (κ2) is 29.4. The van der Waals surface area contributed by atoms with E-state index >= 15 is 0 Å².